The molecule has 0 aliphatic heterocycles. The largest absolute Gasteiger partial charge is 0.247 e. The van der Waals surface area contributed by atoms with Gasteiger partial charge < -0.3 is 0 Å². The van der Waals surface area contributed by atoms with Gasteiger partial charge in [0.2, 0.25) is 0 Å². The Hall–Kier alpha value is -1.11. The van der Waals surface area contributed by atoms with Crippen LogP contribution in [0.3, 0.4) is 0 Å². The quantitative estimate of drug-likeness (QED) is 0.624. The number of halogens is 1. The van der Waals surface area contributed by atoms with Gasteiger partial charge in [0, 0.05) is 6.42 Å². The van der Waals surface area contributed by atoms with Crippen molar-refractivity contribution < 1.29 is 4.39 Å². The molecule has 1 rings (SSSR count). The van der Waals surface area contributed by atoms with E-state index in [-0.39, 0.29) is 0 Å². The van der Waals surface area contributed by atoms with Crippen molar-refractivity contribution in [3.05, 3.63) is 48.0 Å². The molecule has 0 bridgehead atoms. The van der Waals surface area contributed by atoms with Gasteiger partial charge in [-0.2, -0.15) is 0 Å². The van der Waals surface area contributed by atoms with Crippen LogP contribution in [0.2, 0.25) is 0 Å². The van der Waals surface area contributed by atoms with E-state index in [1.54, 1.807) is 6.92 Å². The third kappa shape index (κ3) is 3.73. The molecule has 1 aromatic rings. The molecule has 0 saturated carbocycles. The van der Waals surface area contributed by atoms with Crippen LogP contribution in [0.15, 0.2) is 36.9 Å². The first kappa shape index (κ1) is 11.0. The molecule has 1 aromatic carbocycles. The molecular formula is C13H17F. The fourth-order valence-corrected chi connectivity index (χ4v) is 1.44. The van der Waals surface area contributed by atoms with E-state index in [0.717, 1.165) is 18.4 Å². The highest BCUT2D eigenvalue weighted by atomic mass is 19.1. The maximum Gasteiger partial charge on any atom is 0.101 e. The van der Waals surface area contributed by atoms with E-state index in [0.29, 0.717) is 6.42 Å². The number of rotatable bonds is 5. The smallest absolute Gasteiger partial charge is 0.101 e. The van der Waals surface area contributed by atoms with Crippen LogP contribution in [0.1, 0.15) is 24.5 Å². The third-order valence-electron chi connectivity index (χ3n) is 2.18. The summed E-state index contributed by atoms with van der Waals surface area (Å²) in [4.78, 5) is 0. The van der Waals surface area contributed by atoms with E-state index in [1.165, 1.54) is 5.56 Å². The molecule has 0 amide bonds. The first-order valence-electron chi connectivity index (χ1n) is 5.05. The zero-order chi connectivity index (χ0) is 10.4. The number of hydrogen-bond acceptors (Lipinski definition) is 0. The molecule has 0 spiro atoms. The van der Waals surface area contributed by atoms with Crippen LogP contribution < -0.4 is 0 Å². The Kier molecular flexibility index (Phi) is 4.37. The lowest BCUT2D eigenvalue weighted by atomic mass is 10.0. The first-order chi connectivity index (χ1) is 6.72. The fraction of sp³-hybridized carbons (Fsp3) is 0.385. The zero-order valence-corrected chi connectivity index (χ0v) is 8.67. The Labute approximate surface area is 85.5 Å². The molecule has 0 aliphatic carbocycles. The van der Waals surface area contributed by atoms with Gasteiger partial charge in [-0.3, -0.25) is 0 Å². The second kappa shape index (κ2) is 5.58. The highest BCUT2D eigenvalue weighted by molar-refractivity contribution is 5.23. The summed E-state index contributed by atoms with van der Waals surface area (Å²) in [6, 6.07) is 8.16. The SMILES string of the molecule is C=CCCc1ccc(CC(C)F)cc1. The minimum absolute atomic E-state index is 0.516. The molecule has 14 heavy (non-hydrogen) atoms. The van der Waals surface area contributed by atoms with Crippen molar-refractivity contribution in [2.24, 2.45) is 0 Å². The van der Waals surface area contributed by atoms with E-state index in [2.05, 4.69) is 18.7 Å². The van der Waals surface area contributed by atoms with Gasteiger partial charge in [0.05, 0.1) is 0 Å². The van der Waals surface area contributed by atoms with Crippen LogP contribution >= 0.6 is 0 Å². The maximum absolute atomic E-state index is 12.7. The van der Waals surface area contributed by atoms with Crippen molar-refractivity contribution in [2.75, 3.05) is 0 Å². The van der Waals surface area contributed by atoms with Crippen LogP contribution in [0.4, 0.5) is 4.39 Å². The van der Waals surface area contributed by atoms with Gasteiger partial charge in [0.1, 0.15) is 6.17 Å². The van der Waals surface area contributed by atoms with Crippen LogP contribution in [-0.4, -0.2) is 6.17 Å². The van der Waals surface area contributed by atoms with Crippen LogP contribution in [-0.2, 0) is 12.8 Å². The summed E-state index contributed by atoms with van der Waals surface area (Å²) in [5.74, 6) is 0. The molecular weight excluding hydrogens is 175 g/mol. The van der Waals surface area contributed by atoms with Crippen molar-refractivity contribution in [2.45, 2.75) is 32.4 Å². The summed E-state index contributed by atoms with van der Waals surface area (Å²) in [5, 5.41) is 0. The Bertz CT molecular complexity index is 272. The molecule has 0 N–H and O–H groups in total. The Morgan fingerprint density at radius 2 is 1.86 bits per heavy atom. The molecule has 76 valence electrons. The molecule has 0 radical (unpaired) electrons. The third-order valence-corrected chi connectivity index (χ3v) is 2.18. The average molecular weight is 192 g/mol. The van der Waals surface area contributed by atoms with Gasteiger partial charge in [-0.15, -0.1) is 6.58 Å². The minimum atomic E-state index is -0.756. The molecule has 0 saturated heterocycles. The van der Waals surface area contributed by atoms with Gasteiger partial charge in [0.25, 0.3) is 0 Å². The van der Waals surface area contributed by atoms with Gasteiger partial charge >= 0.3 is 0 Å². The van der Waals surface area contributed by atoms with Crippen molar-refractivity contribution in [3.63, 3.8) is 0 Å². The predicted octanol–water partition coefficient (Wildman–Crippen LogP) is 3.71. The highest BCUT2D eigenvalue weighted by Crippen LogP contribution is 2.09. The molecule has 0 aliphatic rings. The van der Waals surface area contributed by atoms with Gasteiger partial charge in [-0.1, -0.05) is 30.3 Å². The number of allylic oxidation sites excluding steroid dienone is 1. The Morgan fingerprint density at radius 3 is 2.36 bits per heavy atom. The van der Waals surface area contributed by atoms with Crippen molar-refractivity contribution in [1.82, 2.24) is 0 Å². The summed E-state index contributed by atoms with van der Waals surface area (Å²) >= 11 is 0. The van der Waals surface area contributed by atoms with Gasteiger partial charge in [-0.05, 0) is 30.9 Å². The van der Waals surface area contributed by atoms with Gasteiger partial charge in [0.15, 0.2) is 0 Å². The minimum Gasteiger partial charge on any atom is -0.247 e. The highest BCUT2D eigenvalue weighted by Gasteiger charge is 2.00. The summed E-state index contributed by atoms with van der Waals surface area (Å²) < 4.78 is 12.7. The van der Waals surface area contributed by atoms with E-state index < -0.39 is 6.17 Å². The number of hydrogen-bond donors (Lipinski definition) is 0. The second-order valence-corrected chi connectivity index (χ2v) is 3.63. The first-order valence-corrected chi connectivity index (χ1v) is 5.05. The van der Waals surface area contributed by atoms with E-state index in [4.69, 9.17) is 0 Å². The van der Waals surface area contributed by atoms with E-state index >= 15 is 0 Å². The van der Waals surface area contributed by atoms with Crippen molar-refractivity contribution in [3.8, 4) is 0 Å². The summed E-state index contributed by atoms with van der Waals surface area (Å²) in [7, 11) is 0. The molecule has 1 unspecified atom stereocenters. The summed E-state index contributed by atoms with van der Waals surface area (Å²) in [6.45, 7) is 5.27. The topological polar surface area (TPSA) is 0 Å². The van der Waals surface area contributed by atoms with E-state index in [9.17, 15) is 4.39 Å². The average Bonchev–Trinajstić information content (AvgIpc) is 2.16. The maximum atomic E-state index is 12.7. The van der Waals surface area contributed by atoms with Crippen LogP contribution in [0.25, 0.3) is 0 Å². The van der Waals surface area contributed by atoms with Crippen LogP contribution in [0.5, 0.6) is 0 Å². The van der Waals surface area contributed by atoms with Crippen molar-refractivity contribution >= 4 is 0 Å². The van der Waals surface area contributed by atoms with Crippen LogP contribution in [0, 0.1) is 0 Å². The van der Waals surface area contributed by atoms with Gasteiger partial charge in [-0.25, -0.2) is 4.39 Å². The molecule has 1 heteroatoms. The lowest BCUT2D eigenvalue weighted by Crippen LogP contribution is -1.98. The molecule has 0 heterocycles. The zero-order valence-electron chi connectivity index (χ0n) is 8.67. The second-order valence-electron chi connectivity index (χ2n) is 3.63. The summed E-state index contributed by atoms with van der Waals surface area (Å²) in [6.07, 6.45) is 3.70. The molecule has 0 fully saturated rings. The lowest BCUT2D eigenvalue weighted by Gasteiger charge is -2.03. The van der Waals surface area contributed by atoms with E-state index in [1.807, 2.05) is 18.2 Å². The number of alkyl halides is 1. The monoisotopic (exact) mass is 192 g/mol. The van der Waals surface area contributed by atoms with Crippen molar-refractivity contribution in [1.29, 1.82) is 0 Å². The summed E-state index contributed by atoms with van der Waals surface area (Å²) in [5.41, 5.74) is 2.36. The lowest BCUT2D eigenvalue weighted by molar-refractivity contribution is 0.360. The molecule has 0 aromatic heterocycles. The Balaban J connectivity index is 2.54. The standard InChI is InChI=1S/C13H17F/c1-3-4-5-12-6-8-13(9-7-12)10-11(2)14/h3,6-9,11H,1,4-5,10H2,2H3. The Morgan fingerprint density at radius 1 is 1.29 bits per heavy atom. The molecule has 0 nitrogen and oxygen atoms in total. The fourth-order valence-electron chi connectivity index (χ4n) is 1.44. The number of aryl methyl sites for hydroxylation is 1. The molecule has 1 atom stereocenters. The predicted molar refractivity (Wildman–Crippen MR) is 59.2 cm³/mol. The normalized spacial score (nSPS) is 12.4. The number of benzene rings is 1.